The molecule has 2 aromatic rings. The summed E-state index contributed by atoms with van der Waals surface area (Å²) in [6.45, 7) is 1.22. The van der Waals surface area contributed by atoms with E-state index >= 15 is 0 Å². The Labute approximate surface area is 139 Å². The molecule has 0 spiro atoms. The van der Waals surface area contributed by atoms with E-state index in [1.54, 1.807) is 29.6 Å². The maximum atomic E-state index is 12.9. The fourth-order valence-corrected chi connectivity index (χ4v) is 2.85. The molecule has 24 heavy (non-hydrogen) atoms. The SMILES string of the molecule is N[C@@H](Cc1cnc[nH]1)C(=O)N1CCC(Oc2ccc(F)cc2)CC1. The third kappa shape index (κ3) is 4.11. The van der Waals surface area contributed by atoms with E-state index in [0.717, 1.165) is 18.5 Å². The van der Waals surface area contributed by atoms with Crippen LogP contribution in [0.1, 0.15) is 18.5 Å². The van der Waals surface area contributed by atoms with E-state index < -0.39 is 6.04 Å². The number of rotatable bonds is 5. The number of imidazole rings is 1. The van der Waals surface area contributed by atoms with Crippen molar-refractivity contribution in [2.24, 2.45) is 5.73 Å². The van der Waals surface area contributed by atoms with Crippen LogP contribution in [0.4, 0.5) is 4.39 Å². The van der Waals surface area contributed by atoms with Gasteiger partial charge < -0.3 is 20.4 Å². The van der Waals surface area contributed by atoms with Crippen molar-refractivity contribution < 1.29 is 13.9 Å². The standard InChI is InChI=1S/C17H21FN4O2/c18-12-1-3-14(4-2-12)24-15-5-7-22(8-6-15)17(23)16(19)9-13-10-20-11-21-13/h1-4,10-11,15-16H,5-9,19H2,(H,20,21)/t16-/m0/s1. The van der Waals surface area contributed by atoms with Crippen molar-refractivity contribution in [3.05, 3.63) is 48.3 Å². The summed E-state index contributed by atoms with van der Waals surface area (Å²) in [5, 5.41) is 0. The minimum Gasteiger partial charge on any atom is -0.490 e. The number of benzene rings is 1. The second-order valence-corrected chi connectivity index (χ2v) is 5.98. The zero-order valence-corrected chi connectivity index (χ0v) is 13.3. The number of nitrogens with zero attached hydrogens (tertiary/aromatic N) is 2. The van der Waals surface area contributed by atoms with E-state index in [-0.39, 0.29) is 17.8 Å². The molecule has 1 fully saturated rings. The number of likely N-dealkylation sites (tertiary alicyclic amines) is 1. The second kappa shape index (κ2) is 7.44. The van der Waals surface area contributed by atoms with Crippen molar-refractivity contribution in [1.29, 1.82) is 0 Å². The van der Waals surface area contributed by atoms with Crippen LogP contribution in [0.2, 0.25) is 0 Å². The first-order valence-electron chi connectivity index (χ1n) is 8.05. The molecule has 3 N–H and O–H groups in total. The Morgan fingerprint density at radius 3 is 2.71 bits per heavy atom. The number of carbonyl (C=O) groups is 1. The Bertz CT molecular complexity index is 652. The number of aromatic nitrogens is 2. The van der Waals surface area contributed by atoms with Crippen molar-refractivity contribution in [1.82, 2.24) is 14.9 Å². The van der Waals surface area contributed by atoms with Crippen LogP contribution in [0.3, 0.4) is 0 Å². The number of hydrogen-bond donors (Lipinski definition) is 2. The number of nitrogens with one attached hydrogen (secondary N) is 1. The lowest BCUT2D eigenvalue weighted by molar-refractivity contribution is -0.134. The van der Waals surface area contributed by atoms with Gasteiger partial charge in [0.25, 0.3) is 0 Å². The van der Waals surface area contributed by atoms with E-state index in [9.17, 15) is 9.18 Å². The van der Waals surface area contributed by atoms with Crippen LogP contribution in [0.15, 0.2) is 36.8 Å². The van der Waals surface area contributed by atoms with Crippen LogP contribution in [0, 0.1) is 5.82 Å². The summed E-state index contributed by atoms with van der Waals surface area (Å²) in [5.41, 5.74) is 6.86. The summed E-state index contributed by atoms with van der Waals surface area (Å²) >= 11 is 0. The normalized spacial score (nSPS) is 16.8. The molecule has 1 aromatic heterocycles. The van der Waals surface area contributed by atoms with Crippen LogP contribution >= 0.6 is 0 Å². The second-order valence-electron chi connectivity index (χ2n) is 5.98. The number of piperidine rings is 1. The predicted molar refractivity (Wildman–Crippen MR) is 86.9 cm³/mol. The van der Waals surface area contributed by atoms with Crippen molar-refractivity contribution >= 4 is 5.91 Å². The van der Waals surface area contributed by atoms with Gasteiger partial charge in [-0.3, -0.25) is 4.79 Å². The number of H-pyrrole nitrogens is 1. The Morgan fingerprint density at radius 2 is 2.08 bits per heavy atom. The number of ether oxygens (including phenoxy) is 1. The molecule has 1 aliphatic rings. The number of nitrogens with two attached hydrogens (primary N) is 1. The molecule has 128 valence electrons. The molecule has 0 saturated carbocycles. The van der Waals surface area contributed by atoms with Gasteiger partial charge in [0.15, 0.2) is 0 Å². The van der Waals surface area contributed by atoms with Gasteiger partial charge in [-0.1, -0.05) is 0 Å². The third-order valence-electron chi connectivity index (χ3n) is 4.18. The molecule has 1 atom stereocenters. The van der Waals surface area contributed by atoms with Gasteiger partial charge in [0.05, 0.1) is 12.4 Å². The molecule has 0 aliphatic carbocycles. The Hall–Kier alpha value is -2.41. The van der Waals surface area contributed by atoms with Gasteiger partial charge in [0, 0.05) is 44.2 Å². The highest BCUT2D eigenvalue weighted by Gasteiger charge is 2.27. The van der Waals surface area contributed by atoms with Gasteiger partial charge in [0.2, 0.25) is 5.91 Å². The van der Waals surface area contributed by atoms with Crippen molar-refractivity contribution in [2.75, 3.05) is 13.1 Å². The minimum absolute atomic E-state index is 0.0309. The molecule has 0 radical (unpaired) electrons. The van der Waals surface area contributed by atoms with Crippen molar-refractivity contribution in [3.8, 4) is 5.75 Å². The minimum atomic E-state index is -0.569. The van der Waals surface area contributed by atoms with Gasteiger partial charge in [0.1, 0.15) is 17.7 Å². The van der Waals surface area contributed by atoms with Crippen LogP contribution in [-0.2, 0) is 11.2 Å². The van der Waals surface area contributed by atoms with Crippen molar-refractivity contribution in [3.63, 3.8) is 0 Å². The first-order chi connectivity index (χ1) is 11.6. The third-order valence-corrected chi connectivity index (χ3v) is 4.18. The molecule has 7 heteroatoms. The maximum absolute atomic E-state index is 12.9. The van der Waals surface area contributed by atoms with Gasteiger partial charge in [-0.15, -0.1) is 0 Å². The Kier molecular flexibility index (Phi) is 5.10. The number of aromatic amines is 1. The number of amides is 1. The molecule has 2 heterocycles. The highest BCUT2D eigenvalue weighted by Crippen LogP contribution is 2.20. The predicted octanol–water partition coefficient (Wildman–Crippen LogP) is 1.49. The molecular formula is C17H21FN4O2. The smallest absolute Gasteiger partial charge is 0.239 e. The highest BCUT2D eigenvalue weighted by molar-refractivity contribution is 5.82. The molecule has 0 unspecified atom stereocenters. The topological polar surface area (TPSA) is 84.2 Å². The van der Waals surface area contributed by atoms with Gasteiger partial charge in [-0.2, -0.15) is 0 Å². The largest absolute Gasteiger partial charge is 0.490 e. The molecule has 1 aliphatic heterocycles. The molecule has 0 bridgehead atoms. The molecule has 1 aromatic carbocycles. The van der Waals surface area contributed by atoms with Crippen LogP contribution < -0.4 is 10.5 Å². The molecule has 1 saturated heterocycles. The van der Waals surface area contributed by atoms with Crippen molar-refractivity contribution in [2.45, 2.75) is 31.4 Å². The summed E-state index contributed by atoms with van der Waals surface area (Å²) in [4.78, 5) is 21.1. The summed E-state index contributed by atoms with van der Waals surface area (Å²) < 4.78 is 18.7. The van der Waals surface area contributed by atoms with Gasteiger partial charge >= 0.3 is 0 Å². The van der Waals surface area contributed by atoms with E-state index in [1.165, 1.54) is 12.1 Å². The average Bonchev–Trinajstić information content (AvgIpc) is 3.10. The van der Waals surface area contributed by atoms with Crippen LogP contribution in [-0.4, -0.2) is 46.0 Å². The summed E-state index contributed by atoms with van der Waals surface area (Å²) in [6.07, 6.45) is 5.20. The maximum Gasteiger partial charge on any atom is 0.239 e. The van der Waals surface area contributed by atoms with E-state index in [1.807, 2.05) is 0 Å². The summed E-state index contributed by atoms with van der Waals surface area (Å²) in [7, 11) is 0. The quantitative estimate of drug-likeness (QED) is 0.869. The van der Waals surface area contributed by atoms with E-state index in [2.05, 4.69) is 9.97 Å². The fraction of sp³-hybridized carbons (Fsp3) is 0.412. The van der Waals surface area contributed by atoms with Crippen LogP contribution in [0.25, 0.3) is 0 Å². The molecule has 1 amide bonds. The number of carbonyl (C=O) groups excluding carboxylic acids is 1. The zero-order valence-electron chi connectivity index (χ0n) is 13.3. The summed E-state index contributed by atoms with van der Waals surface area (Å²) in [5.74, 6) is 0.316. The number of hydrogen-bond acceptors (Lipinski definition) is 4. The van der Waals surface area contributed by atoms with Gasteiger partial charge in [-0.05, 0) is 24.3 Å². The Balaban J connectivity index is 1.47. The zero-order chi connectivity index (χ0) is 16.9. The number of halogens is 1. The van der Waals surface area contributed by atoms with E-state index in [4.69, 9.17) is 10.5 Å². The first-order valence-corrected chi connectivity index (χ1v) is 8.05. The van der Waals surface area contributed by atoms with Crippen LogP contribution in [0.5, 0.6) is 5.75 Å². The fourth-order valence-electron chi connectivity index (χ4n) is 2.85. The Morgan fingerprint density at radius 1 is 1.38 bits per heavy atom. The first kappa shape index (κ1) is 16.4. The average molecular weight is 332 g/mol. The molecule has 6 nitrogen and oxygen atoms in total. The molecule has 3 rings (SSSR count). The highest BCUT2D eigenvalue weighted by atomic mass is 19.1. The monoisotopic (exact) mass is 332 g/mol. The molecular weight excluding hydrogens is 311 g/mol. The lowest BCUT2D eigenvalue weighted by Gasteiger charge is -2.33. The lowest BCUT2D eigenvalue weighted by Crippen LogP contribution is -2.49. The van der Waals surface area contributed by atoms with E-state index in [0.29, 0.717) is 25.3 Å². The summed E-state index contributed by atoms with van der Waals surface area (Å²) in [6, 6.07) is 5.42. The van der Waals surface area contributed by atoms with Gasteiger partial charge in [-0.25, -0.2) is 9.37 Å². The lowest BCUT2D eigenvalue weighted by atomic mass is 10.1.